The molecule has 0 radical (unpaired) electrons. The molecule has 0 bridgehead atoms. The Labute approximate surface area is 129 Å². The highest BCUT2D eigenvalue weighted by molar-refractivity contribution is 7.09. The summed E-state index contributed by atoms with van der Waals surface area (Å²) in [5, 5.41) is 3.46. The molecule has 1 heterocycles. The lowest BCUT2D eigenvalue weighted by Gasteiger charge is -2.15. The number of carbonyl (C=O) groups excluding carboxylic acids is 1. The second-order valence-corrected chi connectivity index (χ2v) is 6.22. The molecule has 1 aromatic heterocycles. The van der Waals surface area contributed by atoms with E-state index < -0.39 is 0 Å². The summed E-state index contributed by atoms with van der Waals surface area (Å²) in [6.07, 6.45) is 0.441. The lowest BCUT2D eigenvalue weighted by Crippen LogP contribution is -2.23. The molecule has 0 aliphatic rings. The Morgan fingerprint density at radius 1 is 1.33 bits per heavy atom. The third-order valence-electron chi connectivity index (χ3n) is 3.37. The molecular weight excluding hydrogens is 282 g/mol. The number of anilines is 1. The van der Waals surface area contributed by atoms with Crippen LogP contribution in [0.15, 0.2) is 29.8 Å². The third kappa shape index (κ3) is 4.04. The Bertz CT molecular complexity index is 604. The summed E-state index contributed by atoms with van der Waals surface area (Å²) in [5.74, 6) is 0.115. The molecule has 4 nitrogen and oxygen atoms in total. The zero-order valence-corrected chi connectivity index (χ0v) is 13.7. The van der Waals surface area contributed by atoms with Gasteiger partial charge in [0.1, 0.15) is 0 Å². The van der Waals surface area contributed by atoms with E-state index in [2.05, 4.69) is 17.2 Å². The van der Waals surface area contributed by atoms with Gasteiger partial charge in [0, 0.05) is 24.7 Å². The van der Waals surface area contributed by atoms with Crippen LogP contribution in [-0.2, 0) is 11.2 Å². The third-order valence-corrected chi connectivity index (χ3v) is 4.48. The van der Waals surface area contributed by atoms with Crippen LogP contribution in [0, 0.1) is 6.92 Å². The molecule has 0 saturated heterocycles. The number of benzene rings is 1. The fraction of sp³-hybridized carbons (Fsp3) is 0.375. The monoisotopic (exact) mass is 303 g/mol. The SMILES string of the molecule is Cc1ncsc1C(C)Nc1ccc(CC(=O)N(C)C)cc1. The zero-order valence-electron chi connectivity index (χ0n) is 12.9. The van der Waals surface area contributed by atoms with Crippen LogP contribution in [-0.4, -0.2) is 29.9 Å². The number of hydrogen-bond acceptors (Lipinski definition) is 4. The maximum atomic E-state index is 11.7. The van der Waals surface area contributed by atoms with E-state index in [9.17, 15) is 4.79 Å². The minimum atomic E-state index is 0.115. The van der Waals surface area contributed by atoms with Crippen molar-refractivity contribution in [3.63, 3.8) is 0 Å². The second kappa shape index (κ2) is 6.72. The topological polar surface area (TPSA) is 45.2 Å². The number of aromatic nitrogens is 1. The molecule has 5 heteroatoms. The van der Waals surface area contributed by atoms with Gasteiger partial charge in [-0.1, -0.05) is 12.1 Å². The first-order valence-electron chi connectivity index (χ1n) is 6.93. The first-order valence-corrected chi connectivity index (χ1v) is 7.81. The van der Waals surface area contributed by atoms with E-state index in [1.807, 2.05) is 36.7 Å². The smallest absolute Gasteiger partial charge is 0.226 e. The van der Waals surface area contributed by atoms with Gasteiger partial charge in [0.05, 0.1) is 23.7 Å². The molecule has 0 aliphatic heterocycles. The molecule has 2 aromatic rings. The quantitative estimate of drug-likeness (QED) is 0.922. The van der Waals surface area contributed by atoms with Crippen LogP contribution in [0.2, 0.25) is 0 Å². The van der Waals surface area contributed by atoms with E-state index in [0.29, 0.717) is 6.42 Å². The van der Waals surface area contributed by atoms with Crippen LogP contribution in [0.5, 0.6) is 0 Å². The predicted molar refractivity (Wildman–Crippen MR) is 87.7 cm³/mol. The molecule has 1 N–H and O–H groups in total. The molecule has 2 rings (SSSR count). The lowest BCUT2D eigenvalue weighted by atomic mass is 10.1. The summed E-state index contributed by atoms with van der Waals surface area (Å²) in [7, 11) is 3.55. The van der Waals surface area contributed by atoms with Crippen molar-refractivity contribution in [1.82, 2.24) is 9.88 Å². The number of likely N-dealkylation sites (N-methyl/N-ethyl adjacent to an activating group) is 1. The van der Waals surface area contributed by atoms with E-state index >= 15 is 0 Å². The molecule has 0 spiro atoms. The van der Waals surface area contributed by atoms with Gasteiger partial charge < -0.3 is 10.2 Å². The van der Waals surface area contributed by atoms with Crippen LogP contribution in [0.25, 0.3) is 0 Å². The van der Waals surface area contributed by atoms with Gasteiger partial charge >= 0.3 is 0 Å². The molecule has 0 saturated carbocycles. The lowest BCUT2D eigenvalue weighted by molar-refractivity contribution is -0.127. The van der Waals surface area contributed by atoms with E-state index in [4.69, 9.17) is 0 Å². The van der Waals surface area contributed by atoms with Crippen molar-refractivity contribution >= 4 is 22.9 Å². The highest BCUT2D eigenvalue weighted by atomic mass is 32.1. The maximum absolute atomic E-state index is 11.7. The van der Waals surface area contributed by atoms with Crippen molar-refractivity contribution in [2.45, 2.75) is 26.3 Å². The summed E-state index contributed by atoms with van der Waals surface area (Å²) >= 11 is 1.67. The van der Waals surface area contributed by atoms with Crippen molar-refractivity contribution in [1.29, 1.82) is 0 Å². The number of aryl methyl sites for hydroxylation is 1. The van der Waals surface area contributed by atoms with Crippen molar-refractivity contribution < 1.29 is 4.79 Å². The van der Waals surface area contributed by atoms with Gasteiger partial charge in [0.2, 0.25) is 5.91 Å². The number of carbonyl (C=O) groups is 1. The number of amides is 1. The van der Waals surface area contributed by atoms with Crippen LogP contribution < -0.4 is 5.32 Å². The fourth-order valence-corrected chi connectivity index (χ4v) is 2.90. The Hall–Kier alpha value is -1.88. The Balaban J connectivity index is 1.99. The maximum Gasteiger partial charge on any atom is 0.226 e. The van der Waals surface area contributed by atoms with E-state index in [0.717, 1.165) is 16.9 Å². The average molecular weight is 303 g/mol. The number of hydrogen-bond donors (Lipinski definition) is 1. The van der Waals surface area contributed by atoms with Gasteiger partial charge in [0.25, 0.3) is 0 Å². The first kappa shape index (κ1) is 15.5. The molecule has 1 amide bonds. The van der Waals surface area contributed by atoms with Gasteiger partial charge in [0.15, 0.2) is 0 Å². The van der Waals surface area contributed by atoms with Crippen LogP contribution in [0.1, 0.15) is 29.1 Å². The van der Waals surface area contributed by atoms with Crippen LogP contribution in [0.3, 0.4) is 0 Å². The highest BCUT2D eigenvalue weighted by Crippen LogP contribution is 2.25. The van der Waals surface area contributed by atoms with E-state index in [-0.39, 0.29) is 11.9 Å². The Kier molecular flexibility index (Phi) is 4.96. The van der Waals surface area contributed by atoms with Crippen molar-refractivity contribution in [3.05, 3.63) is 45.9 Å². The number of nitrogens with one attached hydrogen (secondary N) is 1. The van der Waals surface area contributed by atoms with Crippen molar-refractivity contribution in [2.24, 2.45) is 0 Å². The zero-order chi connectivity index (χ0) is 15.4. The minimum absolute atomic E-state index is 0.115. The summed E-state index contributed by atoms with van der Waals surface area (Å²) in [5.41, 5.74) is 5.03. The fourth-order valence-electron chi connectivity index (χ4n) is 2.09. The van der Waals surface area contributed by atoms with E-state index in [1.165, 1.54) is 4.88 Å². The number of nitrogens with zero attached hydrogens (tertiary/aromatic N) is 2. The number of rotatable bonds is 5. The molecule has 1 atom stereocenters. The second-order valence-electron chi connectivity index (χ2n) is 5.33. The molecule has 1 aromatic carbocycles. The van der Waals surface area contributed by atoms with Gasteiger partial charge in [-0.15, -0.1) is 11.3 Å². The van der Waals surface area contributed by atoms with Crippen molar-refractivity contribution in [2.75, 3.05) is 19.4 Å². The highest BCUT2D eigenvalue weighted by Gasteiger charge is 2.11. The van der Waals surface area contributed by atoms with Crippen molar-refractivity contribution in [3.8, 4) is 0 Å². The first-order chi connectivity index (χ1) is 9.97. The molecule has 1 unspecified atom stereocenters. The number of thiazole rings is 1. The Morgan fingerprint density at radius 2 is 2.00 bits per heavy atom. The summed E-state index contributed by atoms with van der Waals surface area (Å²) in [6.45, 7) is 4.16. The largest absolute Gasteiger partial charge is 0.378 e. The van der Waals surface area contributed by atoms with Crippen LogP contribution in [0.4, 0.5) is 5.69 Å². The Morgan fingerprint density at radius 3 is 2.52 bits per heavy atom. The van der Waals surface area contributed by atoms with Crippen LogP contribution >= 0.6 is 11.3 Å². The minimum Gasteiger partial charge on any atom is -0.378 e. The molecular formula is C16H21N3OS. The summed E-state index contributed by atoms with van der Waals surface area (Å²) in [4.78, 5) is 18.8. The summed E-state index contributed by atoms with van der Waals surface area (Å²) in [6, 6.07) is 8.26. The molecule has 112 valence electrons. The van der Waals surface area contributed by atoms with Gasteiger partial charge in [-0.2, -0.15) is 0 Å². The average Bonchev–Trinajstić information content (AvgIpc) is 2.87. The molecule has 21 heavy (non-hydrogen) atoms. The normalized spacial score (nSPS) is 12.0. The van der Waals surface area contributed by atoms with Gasteiger partial charge in [-0.25, -0.2) is 4.98 Å². The predicted octanol–water partition coefficient (Wildman–Crippen LogP) is 3.26. The molecule has 0 fully saturated rings. The van der Waals surface area contributed by atoms with Gasteiger partial charge in [-0.3, -0.25) is 4.79 Å². The standard InChI is InChI=1S/C16H21N3OS/c1-11-16(21-10-17-11)12(2)18-14-7-5-13(6-8-14)9-15(20)19(3)4/h5-8,10,12,18H,9H2,1-4H3. The van der Waals surface area contributed by atoms with E-state index in [1.54, 1.807) is 30.3 Å². The summed E-state index contributed by atoms with van der Waals surface area (Å²) < 4.78 is 0. The van der Waals surface area contributed by atoms with Gasteiger partial charge in [-0.05, 0) is 31.5 Å². The molecule has 0 aliphatic carbocycles.